The van der Waals surface area contributed by atoms with Gasteiger partial charge in [0.2, 0.25) is 11.2 Å². The SMILES string of the molecule is CC1CCCCC1Oc1nc(Cl)nc(N(C)C)n1. The van der Waals surface area contributed by atoms with Crippen molar-refractivity contribution in [3.63, 3.8) is 0 Å². The van der Waals surface area contributed by atoms with Crippen LogP contribution in [0.4, 0.5) is 5.95 Å². The minimum absolute atomic E-state index is 0.173. The standard InChI is InChI=1S/C12H19ClN4O/c1-8-6-4-5-7-9(8)18-12-15-10(13)14-11(16-12)17(2)3/h8-9H,4-7H2,1-3H3. The van der Waals surface area contributed by atoms with Crippen LogP contribution in [-0.4, -0.2) is 35.2 Å². The van der Waals surface area contributed by atoms with Crippen molar-refractivity contribution < 1.29 is 4.74 Å². The summed E-state index contributed by atoms with van der Waals surface area (Å²) in [5.41, 5.74) is 0. The summed E-state index contributed by atoms with van der Waals surface area (Å²) in [5, 5.41) is 0.173. The van der Waals surface area contributed by atoms with Crippen molar-refractivity contribution in [1.29, 1.82) is 0 Å². The van der Waals surface area contributed by atoms with Crippen LogP contribution in [0.25, 0.3) is 0 Å². The topological polar surface area (TPSA) is 51.1 Å². The fraction of sp³-hybridized carbons (Fsp3) is 0.750. The molecular formula is C12H19ClN4O. The first-order valence-electron chi connectivity index (χ1n) is 6.32. The Morgan fingerprint density at radius 1 is 1.17 bits per heavy atom. The van der Waals surface area contributed by atoms with Gasteiger partial charge in [0, 0.05) is 14.1 Å². The summed E-state index contributed by atoms with van der Waals surface area (Å²) < 4.78 is 5.87. The number of hydrogen-bond acceptors (Lipinski definition) is 5. The van der Waals surface area contributed by atoms with E-state index in [0.29, 0.717) is 17.9 Å². The molecule has 1 aliphatic carbocycles. The maximum atomic E-state index is 5.88. The van der Waals surface area contributed by atoms with Gasteiger partial charge in [-0.1, -0.05) is 13.3 Å². The van der Waals surface area contributed by atoms with Crippen molar-refractivity contribution in [2.24, 2.45) is 5.92 Å². The van der Waals surface area contributed by atoms with Crippen LogP contribution >= 0.6 is 11.6 Å². The number of rotatable bonds is 3. The highest BCUT2D eigenvalue weighted by molar-refractivity contribution is 6.28. The predicted octanol–water partition coefficient (Wildman–Crippen LogP) is 2.55. The molecule has 1 aliphatic rings. The Morgan fingerprint density at radius 2 is 1.89 bits per heavy atom. The molecule has 5 nitrogen and oxygen atoms in total. The Labute approximate surface area is 113 Å². The van der Waals surface area contributed by atoms with Gasteiger partial charge in [-0.05, 0) is 36.8 Å². The minimum Gasteiger partial charge on any atom is -0.460 e. The normalized spacial score (nSPS) is 23.8. The van der Waals surface area contributed by atoms with Gasteiger partial charge in [-0.2, -0.15) is 15.0 Å². The third kappa shape index (κ3) is 3.22. The molecule has 0 radical (unpaired) electrons. The van der Waals surface area contributed by atoms with Gasteiger partial charge in [0.25, 0.3) is 0 Å². The van der Waals surface area contributed by atoms with Crippen LogP contribution in [-0.2, 0) is 0 Å². The third-order valence-corrected chi connectivity index (χ3v) is 3.43. The molecular weight excluding hydrogens is 252 g/mol. The zero-order valence-corrected chi connectivity index (χ0v) is 11.8. The van der Waals surface area contributed by atoms with E-state index in [4.69, 9.17) is 16.3 Å². The van der Waals surface area contributed by atoms with Crippen LogP contribution in [0.5, 0.6) is 6.01 Å². The first-order valence-corrected chi connectivity index (χ1v) is 6.69. The summed E-state index contributed by atoms with van der Waals surface area (Å²) in [7, 11) is 3.72. The van der Waals surface area contributed by atoms with Gasteiger partial charge in [0.15, 0.2) is 0 Å². The maximum absolute atomic E-state index is 5.88. The summed E-state index contributed by atoms with van der Waals surface area (Å²) in [5.74, 6) is 1.06. The van der Waals surface area contributed by atoms with Crippen LogP contribution in [0.1, 0.15) is 32.6 Å². The molecule has 6 heteroatoms. The Kier molecular flexibility index (Phi) is 4.22. The van der Waals surface area contributed by atoms with E-state index in [0.717, 1.165) is 6.42 Å². The van der Waals surface area contributed by atoms with E-state index < -0.39 is 0 Å². The summed E-state index contributed by atoms with van der Waals surface area (Å²) in [6.45, 7) is 2.21. The van der Waals surface area contributed by atoms with Gasteiger partial charge in [-0.15, -0.1) is 0 Å². The number of ether oxygens (including phenoxy) is 1. The van der Waals surface area contributed by atoms with Gasteiger partial charge in [0.05, 0.1) is 0 Å². The van der Waals surface area contributed by atoms with E-state index in [9.17, 15) is 0 Å². The largest absolute Gasteiger partial charge is 0.460 e. The van der Waals surface area contributed by atoms with E-state index in [1.807, 2.05) is 14.1 Å². The molecule has 1 aromatic rings. The van der Waals surface area contributed by atoms with Crippen molar-refractivity contribution in [1.82, 2.24) is 15.0 Å². The van der Waals surface area contributed by atoms with E-state index >= 15 is 0 Å². The third-order valence-electron chi connectivity index (χ3n) is 3.27. The molecule has 0 N–H and O–H groups in total. The van der Waals surface area contributed by atoms with E-state index in [-0.39, 0.29) is 11.4 Å². The Balaban J connectivity index is 2.12. The fourth-order valence-electron chi connectivity index (χ4n) is 2.17. The van der Waals surface area contributed by atoms with Crippen LogP contribution in [0.3, 0.4) is 0 Å². The molecule has 0 spiro atoms. The maximum Gasteiger partial charge on any atom is 0.322 e. The number of aromatic nitrogens is 3. The molecule has 100 valence electrons. The number of halogens is 1. The highest BCUT2D eigenvalue weighted by atomic mass is 35.5. The Hall–Kier alpha value is -1.10. The zero-order chi connectivity index (χ0) is 13.1. The molecule has 0 bridgehead atoms. The van der Waals surface area contributed by atoms with Crippen LogP contribution < -0.4 is 9.64 Å². The minimum atomic E-state index is 0.173. The fourth-order valence-corrected chi connectivity index (χ4v) is 2.32. The molecule has 18 heavy (non-hydrogen) atoms. The van der Waals surface area contributed by atoms with Crippen LogP contribution in [0.2, 0.25) is 5.28 Å². The lowest BCUT2D eigenvalue weighted by atomic mass is 9.88. The highest BCUT2D eigenvalue weighted by Gasteiger charge is 2.24. The Bertz CT molecular complexity index is 413. The second-order valence-corrected chi connectivity index (χ2v) is 5.34. The molecule has 2 unspecified atom stereocenters. The lowest BCUT2D eigenvalue weighted by Gasteiger charge is -2.28. The molecule has 1 saturated carbocycles. The van der Waals surface area contributed by atoms with Crippen molar-refractivity contribution in [3.8, 4) is 6.01 Å². The molecule has 1 heterocycles. The van der Waals surface area contributed by atoms with Crippen molar-refractivity contribution in [2.75, 3.05) is 19.0 Å². The van der Waals surface area contributed by atoms with Gasteiger partial charge in [0.1, 0.15) is 6.10 Å². The van der Waals surface area contributed by atoms with Gasteiger partial charge in [-0.3, -0.25) is 0 Å². The number of anilines is 1. The van der Waals surface area contributed by atoms with E-state index in [1.165, 1.54) is 19.3 Å². The summed E-state index contributed by atoms with van der Waals surface area (Å²) in [6.07, 6.45) is 4.93. The summed E-state index contributed by atoms with van der Waals surface area (Å²) >= 11 is 5.88. The Morgan fingerprint density at radius 3 is 2.56 bits per heavy atom. The molecule has 2 rings (SSSR count). The quantitative estimate of drug-likeness (QED) is 0.845. The molecule has 1 fully saturated rings. The summed E-state index contributed by atoms with van der Waals surface area (Å²) in [4.78, 5) is 14.1. The second kappa shape index (κ2) is 5.69. The van der Waals surface area contributed by atoms with Gasteiger partial charge in [-0.25, -0.2) is 0 Å². The van der Waals surface area contributed by atoms with E-state index in [1.54, 1.807) is 4.90 Å². The zero-order valence-electron chi connectivity index (χ0n) is 11.1. The lowest BCUT2D eigenvalue weighted by molar-refractivity contribution is 0.0921. The predicted molar refractivity (Wildman–Crippen MR) is 71.2 cm³/mol. The average molecular weight is 271 g/mol. The van der Waals surface area contributed by atoms with Gasteiger partial charge < -0.3 is 9.64 Å². The molecule has 0 aliphatic heterocycles. The first-order chi connectivity index (χ1) is 8.56. The van der Waals surface area contributed by atoms with Gasteiger partial charge >= 0.3 is 6.01 Å². The van der Waals surface area contributed by atoms with Crippen molar-refractivity contribution in [2.45, 2.75) is 38.7 Å². The molecule has 0 saturated heterocycles. The first kappa shape index (κ1) is 13.3. The molecule has 0 aromatic carbocycles. The van der Waals surface area contributed by atoms with Crippen molar-refractivity contribution >= 4 is 17.5 Å². The second-order valence-electron chi connectivity index (χ2n) is 5.00. The lowest BCUT2D eigenvalue weighted by Crippen LogP contribution is -2.29. The average Bonchev–Trinajstić information content (AvgIpc) is 2.31. The highest BCUT2D eigenvalue weighted by Crippen LogP contribution is 2.27. The summed E-state index contributed by atoms with van der Waals surface area (Å²) in [6, 6.07) is 0.331. The van der Waals surface area contributed by atoms with Crippen LogP contribution in [0.15, 0.2) is 0 Å². The molecule has 2 atom stereocenters. The van der Waals surface area contributed by atoms with Crippen molar-refractivity contribution in [3.05, 3.63) is 5.28 Å². The van der Waals surface area contributed by atoms with Crippen LogP contribution in [0, 0.1) is 5.92 Å². The monoisotopic (exact) mass is 270 g/mol. The van der Waals surface area contributed by atoms with E-state index in [2.05, 4.69) is 21.9 Å². The molecule has 0 amide bonds. The smallest absolute Gasteiger partial charge is 0.322 e. The molecule has 1 aromatic heterocycles. The number of nitrogens with zero attached hydrogens (tertiary/aromatic N) is 4. The number of hydrogen-bond donors (Lipinski definition) is 0.